The van der Waals surface area contributed by atoms with Crippen molar-refractivity contribution < 1.29 is 24.2 Å². The largest absolute Gasteiger partial charge is 0.491 e. The summed E-state index contributed by atoms with van der Waals surface area (Å²) in [6.07, 6.45) is -0.347. The number of benzene rings is 1. The smallest absolute Gasteiger partial charge is 0.341 e. The van der Waals surface area contributed by atoms with Crippen LogP contribution in [0.3, 0.4) is 0 Å². The number of hydrogen-bond donors (Lipinski definition) is 2. The number of nitriles is 1. The van der Waals surface area contributed by atoms with Gasteiger partial charge in [0.05, 0.1) is 18.3 Å². The number of nitrogens with zero attached hydrogens (tertiary/aromatic N) is 1. The van der Waals surface area contributed by atoms with E-state index >= 15 is 0 Å². The van der Waals surface area contributed by atoms with Crippen molar-refractivity contribution >= 4 is 39.8 Å². The maximum absolute atomic E-state index is 12.5. The van der Waals surface area contributed by atoms with E-state index in [1.807, 2.05) is 0 Å². The number of rotatable bonds is 8. The van der Waals surface area contributed by atoms with E-state index in [-0.39, 0.29) is 30.2 Å². The first-order chi connectivity index (χ1) is 13.7. The first-order valence-corrected chi connectivity index (χ1v) is 9.97. The Morgan fingerprint density at radius 1 is 1.31 bits per heavy atom. The molecule has 0 fully saturated rings. The van der Waals surface area contributed by atoms with Gasteiger partial charge in [0, 0.05) is 5.56 Å². The van der Waals surface area contributed by atoms with Gasteiger partial charge in [-0.2, -0.15) is 5.26 Å². The van der Waals surface area contributed by atoms with Crippen LogP contribution in [-0.4, -0.2) is 35.8 Å². The number of halogens is 1. The molecule has 154 valence electrons. The van der Waals surface area contributed by atoms with Gasteiger partial charge >= 0.3 is 5.97 Å². The van der Waals surface area contributed by atoms with Crippen LogP contribution in [0.4, 0.5) is 5.00 Å². The number of carbonyl (C=O) groups is 2. The van der Waals surface area contributed by atoms with Crippen LogP contribution in [0.25, 0.3) is 11.1 Å². The summed E-state index contributed by atoms with van der Waals surface area (Å²) in [4.78, 5) is 24.4. The lowest BCUT2D eigenvalue weighted by Gasteiger charge is -2.17. The molecule has 7 nitrogen and oxygen atoms in total. The second kappa shape index (κ2) is 9.74. The fourth-order valence-corrected chi connectivity index (χ4v) is 3.76. The lowest BCUT2D eigenvalue weighted by Crippen LogP contribution is -2.27. The number of amides is 1. The fraction of sp³-hybridized carbons (Fsp3) is 0.350. The number of hydrogen-bond acceptors (Lipinski definition) is 7. The van der Waals surface area contributed by atoms with Crippen molar-refractivity contribution in [2.75, 3.05) is 18.5 Å². The summed E-state index contributed by atoms with van der Waals surface area (Å²) in [5.41, 5.74) is 0.226. The average Bonchev–Trinajstić information content (AvgIpc) is 2.96. The Bertz CT molecular complexity index is 926. The molecule has 0 aliphatic rings. The van der Waals surface area contributed by atoms with Crippen molar-refractivity contribution in [3.63, 3.8) is 0 Å². The zero-order valence-corrected chi connectivity index (χ0v) is 17.8. The molecule has 29 heavy (non-hydrogen) atoms. The summed E-state index contributed by atoms with van der Waals surface area (Å²) >= 11 is 7.40. The number of esters is 1. The molecule has 2 rings (SSSR count). The van der Waals surface area contributed by atoms with E-state index in [4.69, 9.17) is 26.3 Å². The minimum Gasteiger partial charge on any atom is -0.491 e. The molecule has 0 saturated carbocycles. The van der Waals surface area contributed by atoms with Crippen LogP contribution >= 0.6 is 22.9 Å². The van der Waals surface area contributed by atoms with Crippen molar-refractivity contribution in [2.45, 2.75) is 32.8 Å². The zero-order valence-electron chi connectivity index (χ0n) is 16.2. The summed E-state index contributed by atoms with van der Waals surface area (Å²) in [7, 11) is 0. The van der Waals surface area contributed by atoms with E-state index in [1.165, 1.54) is 0 Å². The lowest BCUT2D eigenvalue weighted by molar-refractivity contribution is -0.115. The van der Waals surface area contributed by atoms with Crippen molar-refractivity contribution in [1.82, 2.24) is 0 Å². The highest BCUT2D eigenvalue weighted by Crippen LogP contribution is 2.44. The predicted molar refractivity (Wildman–Crippen MR) is 111 cm³/mol. The molecule has 0 spiro atoms. The monoisotopic (exact) mass is 436 g/mol. The topological polar surface area (TPSA) is 109 Å². The van der Waals surface area contributed by atoms with E-state index < -0.39 is 17.5 Å². The summed E-state index contributed by atoms with van der Waals surface area (Å²) in [6, 6.07) is 8.58. The van der Waals surface area contributed by atoms with E-state index in [0.717, 1.165) is 11.3 Å². The molecular formula is C20H21ClN2O5S. The quantitative estimate of drug-likeness (QED) is 0.599. The van der Waals surface area contributed by atoms with Gasteiger partial charge in [0.1, 0.15) is 33.7 Å². The average molecular weight is 437 g/mol. The molecule has 0 unspecified atom stereocenters. The number of thiophene rings is 1. The standard InChI is InChI=1S/C20H21ClN2O5S/c1-4-27-19(25)16-15(17(21)29-18(16)23-14(24)9-10-22)12-5-7-13(8-6-12)28-11-20(2,3)26/h5-8,26H,4,9,11H2,1-3H3,(H,23,24). The second-order valence-electron chi connectivity index (χ2n) is 6.68. The Kier molecular flexibility index (Phi) is 7.62. The Morgan fingerprint density at radius 2 is 1.97 bits per heavy atom. The summed E-state index contributed by atoms with van der Waals surface area (Å²) in [5, 5.41) is 21.2. The minimum atomic E-state index is -0.969. The Morgan fingerprint density at radius 3 is 2.52 bits per heavy atom. The molecule has 0 aliphatic heterocycles. The van der Waals surface area contributed by atoms with Gasteiger partial charge < -0.3 is 19.9 Å². The summed E-state index contributed by atoms with van der Waals surface area (Å²) in [6.45, 7) is 5.23. The third-order valence-corrected chi connectivity index (χ3v) is 4.89. The van der Waals surface area contributed by atoms with Gasteiger partial charge in [-0.1, -0.05) is 23.7 Å². The van der Waals surface area contributed by atoms with Gasteiger partial charge in [0.25, 0.3) is 0 Å². The molecule has 1 aromatic heterocycles. The SMILES string of the molecule is CCOC(=O)c1c(NC(=O)CC#N)sc(Cl)c1-c1ccc(OCC(C)(C)O)cc1. The Hall–Kier alpha value is -2.60. The normalized spacial score (nSPS) is 10.9. The van der Waals surface area contributed by atoms with Crippen molar-refractivity contribution in [3.05, 3.63) is 34.2 Å². The van der Waals surface area contributed by atoms with Crippen LogP contribution in [-0.2, 0) is 9.53 Å². The van der Waals surface area contributed by atoms with E-state index in [9.17, 15) is 14.7 Å². The second-order valence-corrected chi connectivity index (χ2v) is 8.31. The Balaban J connectivity index is 2.40. The van der Waals surface area contributed by atoms with E-state index in [0.29, 0.717) is 21.2 Å². The van der Waals surface area contributed by atoms with Crippen LogP contribution in [0.15, 0.2) is 24.3 Å². The highest BCUT2D eigenvalue weighted by Gasteiger charge is 2.26. The molecule has 0 aliphatic carbocycles. The van der Waals surface area contributed by atoms with Gasteiger partial charge in [0.2, 0.25) is 5.91 Å². The lowest BCUT2D eigenvalue weighted by atomic mass is 10.0. The number of ether oxygens (including phenoxy) is 2. The van der Waals surface area contributed by atoms with Crippen LogP contribution < -0.4 is 10.1 Å². The minimum absolute atomic E-state index is 0.120. The maximum Gasteiger partial charge on any atom is 0.341 e. The fourth-order valence-electron chi connectivity index (χ4n) is 2.37. The number of carbonyl (C=O) groups excluding carboxylic acids is 2. The van der Waals surface area contributed by atoms with Crippen LogP contribution in [0.2, 0.25) is 4.34 Å². The van der Waals surface area contributed by atoms with Crippen LogP contribution in [0, 0.1) is 11.3 Å². The molecule has 2 N–H and O–H groups in total. The van der Waals surface area contributed by atoms with E-state index in [1.54, 1.807) is 51.1 Å². The van der Waals surface area contributed by atoms with Gasteiger partial charge in [-0.25, -0.2) is 4.79 Å². The molecule has 0 saturated heterocycles. The molecule has 0 atom stereocenters. The van der Waals surface area contributed by atoms with Crippen LogP contribution in [0.5, 0.6) is 5.75 Å². The number of anilines is 1. The molecule has 9 heteroatoms. The third-order valence-electron chi connectivity index (χ3n) is 3.57. The maximum atomic E-state index is 12.5. The molecule has 2 aromatic rings. The predicted octanol–water partition coefficient (Wildman–Crippen LogP) is 4.25. The van der Waals surface area contributed by atoms with Crippen LogP contribution in [0.1, 0.15) is 37.6 Å². The van der Waals surface area contributed by atoms with E-state index in [2.05, 4.69) is 5.32 Å². The molecule has 1 heterocycles. The first kappa shape index (κ1) is 22.7. The number of nitrogens with one attached hydrogen (secondary N) is 1. The summed E-state index contributed by atoms with van der Waals surface area (Å²) in [5.74, 6) is -0.624. The van der Waals surface area contributed by atoms with Gasteiger partial charge in [0.15, 0.2) is 0 Å². The van der Waals surface area contributed by atoms with Gasteiger partial charge in [-0.15, -0.1) is 11.3 Å². The molecular weight excluding hydrogens is 416 g/mol. The summed E-state index contributed by atoms with van der Waals surface area (Å²) < 4.78 is 11.0. The van der Waals surface area contributed by atoms with Gasteiger partial charge in [-0.05, 0) is 38.5 Å². The third kappa shape index (κ3) is 6.19. The highest BCUT2D eigenvalue weighted by atomic mass is 35.5. The van der Waals surface area contributed by atoms with Crippen molar-refractivity contribution in [1.29, 1.82) is 5.26 Å². The molecule has 0 radical (unpaired) electrons. The number of aliphatic hydroxyl groups is 1. The molecule has 1 amide bonds. The highest BCUT2D eigenvalue weighted by molar-refractivity contribution is 7.21. The Labute approximate surface area is 177 Å². The van der Waals surface area contributed by atoms with Crippen molar-refractivity contribution in [2.24, 2.45) is 0 Å². The first-order valence-electron chi connectivity index (χ1n) is 8.78. The zero-order chi connectivity index (χ0) is 21.6. The van der Waals surface area contributed by atoms with Gasteiger partial charge in [-0.3, -0.25) is 4.79 Å². The molecule has 1 aromatic carbocycles. The van der Waals surface area contributed by atoms with Crippen molar-refractivity contribution in [3.8, 4) is 22.9 Å². The molecule has 0 bridgehead atoms.